The van der Waals surface area contributed by atoms with Gasteiger partial charge in [0.05, 0.1) is 5.25 Å². The summed E-state index contributed by atoms with van der Waals surface area (Å²) < 4.78 is 5.34. The van der Waals surface area contributed by atoms with Crippen LogP contribution in [-0.4, -0.2) is 29.0 Å². The highest BCUT2D eigenvalue weighted by Gasteiger charge is 2.22. The van der Waals surface area contributed by atoms with Crippen LogP contribution in [0.3, 0.4) is 0 Å². The second-order valence-corrected chi connectivity index (χ2v) is 5.61. The Bertz CT molecular complexity index is 323. The van der Waals surface area contributed by atoms with Gasteiger partial charge in [-0.1, -0.05) is 11.6 Å². The number of nitrogens with zero attached hydrogens (tertiary/aromatic N) is 2. The molecular weight excluding hydrogens is 222 g/mol. The van der Waals surface area contributed by atoms with Gasteiger partial charge >= 0.3 is 0 Å². The molecule has 1 saturated heterocycles. The zero-order valence-electron chi connectivity index (χ0n) is 9.90. The predicted molar refractivity (Wildman–Crippen MR) is 65.6 cm³/mol. The number of hydrogen-bond acceptors (Lipinski definition) is 5. The van der Waals surface area contributed by atoms with Gasteiger partial charge in [0.1, 0.15) is 0 Å². The third-order valence-electron chi connectivity index (χ3n) is 2.92. The Morgan fingerprint density at radius 1 is 1.56 bits per heavy atom. The number of rotatable bonds is 4. The third-order valence-corrected chi connectivity index (χ3v) is 4.28. The van der Waals surface area contributed by atoms with E-state index >= 15 is 0 Å². The summed E-state index contributed by atoms with van der Waals surface area (Å²) >= 11 is 1.94. The molecule has 0 bridgehead atoms. The Morgan fingerprint density at radius 3 is 3.12 bits per heavy atom. The maximum absolute atomic E-state index is 5.34. The highest BCUT2D eigenvalue weighted by Crippen LogP contribution is 2.37. The average Bonchev–Trinajstić information content (AvgIpc) is 2.78. The summed E-state index contributed by atoms with van der Waals surface area (Å²) in [5, 5.41) is 7.65. The van der Waals surface area contributed by atoms with Crippen LogP contribution in [0.1, 0.15) is 43.2 Å². The summed E-state index contributed by atoms with van der Waals surface area (Å²) in [6, 6.07) is 0.393. The number of hydrogen-bond donors (Lipinski definition) is 1. The summed E-state index contributed by atoms with van der Waals surface area (Å²) in [5.74, 6) is 2.86. The fourth-order valence-electron chi connectivity index (χ4n) is 1.79. The zero-order valence-corrected chi connectivity index (χ0v) is 10.7. The van der Waals surface area contributed by atoms with E-state index in [1.54, 1.807) is 0 Å². The van der Waals surface area contributed by atoms with E-state index in [4.69, 9.17) is 4.52 Å². The van der Waals surface area contributed by atoms with Gasteiger partial charge in [-0.15, -0.1) is 11.8 Å². The molecule has 5 heteroatoms. The summed E-state index contributed by atoms with van der Waals surface area (Å²) in [4.78, 5) is 4.48. The predicted octanol–water partition coefficient (Wildman–Crippen LogP) is 2.18. The summed E-state index contributed by atoms with van der Waals surface area (Å²) in [5.41, 5.74) is 0. The van der Waals surface area contributed by atoms with Gasteiger partial charge in [-0.3, -0.25) is 0 Å². The minimum atomic E-state index is 0.393. The summed E-state index contributed by atoms with van der Waals surface area (Å²) in [6.45, 7) is 2.12. The van der Waals surface area contributed by atoms with Crippen LogP contribution in [0.25, 0.3) is 0 Å². The number of thioether (sulfide) groups is 1. The molecular formula is C11H19N3OS. The molecule has 2 atom stereocenters. The highest BCUT2D eigenvalue weighted by atomic mass is 32.2. The molecule has 0 saturated carbocycles. The number of likely N-dealkylation sites (N-methyl/N-ethyl adjacent to an activating group) is 1. The van der Waals surface area contributed by atoms with Crippen molar-refractivity contribution in [2.45, 2.75) is 43.9 Å². The normalized spacial score (nSPS) is 23.2. The van der Waals surface area contributed by atoms with Gasteiger partial charge in [0.2, 0.25) is 5.89 Å². The first kappa shape index (κ1) is 11.9. The molecule has 0 aromatic carbocycles. The number of aromatic nitrogens is 2. The molecule has 1 aliphatic rings. The van der Waals surface area contributed by atoms with E-state index in [1.807, 2.05) is 18.8 Å². The molecule has 4 nitrogen and oxygen atoms in total. The van der Waals surface area contributed by atoms with E-state index < -0.39 is 0 Å². The van der Waals surface area contributed by atoms with Gasteiger partial charge in [0.15, 0.2) is 5.82 Å². The molecule has 16 heavy (non-hydrogen) atoms. The van der Waals surface area contributed by atoms with Crippen LogP contribution in [0, 0.1) is 0 Å². The molecule has 2 unspecified atom stereocenters. The molecule has 0 spiro atoms. The van der Waals surface area contributed by atoms with E-state index in [9.17, 15) is 0 Å². The Morgan fingerprint density at radius 2 is 2.44 bits per heavy atom. The van der Waals surface area contributed by atoms with Crippen molar-refractivity contribution in [3.8, 4) is 0 Å². The Hall–Kier alpha value is -0.550. The maximum Gasteiger partial charge on any atom is 0.239 e. The third kappa shape index (κ3) is 2.98. The molecule has 0 radical (unpaired) electrons. The SMILES string of the molecule is CNC(C)Cc1noc(C2CCCCS2)n1. The first-order valence-corrected chi connectivity index (χ1v) is 6.96. The first-order valence-electron chi connectivity index (χ1n) is 5.91. The topological polar surface area (TPSA) is 51.0 Å². The van der Waals surface area contributed by atoms with Crippen LogP contribution in [-0.2, 0) is 6.42 Å². The van der Waals surface area contributed by atoms with Gasteiger partial charge in [-0.2, -0.15) is 4.98 Å². The lowest BCUT2D eigenvalue weighted by atomic mass is 10.2. The van der Waals surface area contributed by atoms with E-state index in [1.165, 1.54) is 25.0 Å². The lowest BCUT2D eigenvalue weighted by molar-refractivity contribution is 0.363. The second kappa shape index (κ2) is 5.68. The molecule has 2 rings (SSSR count). The molecule has 1 aromatic heterocycles. The molecule has 1 fully saturated rings. The minimum Gasteiger partial charge on any atom is -0.338 e. The fourth-order valence-corrected chi connectivity index (χ4v) is 3.02. The van der Waals surface area contributed by atoms with Crippen LogP contribution in [0.5, 0.6) is 0 Å². The van der Waals surface area contributed by atoms with Crippen LogP contribution in [0.4, 0.5) is 0 Å². The lowest BCUT2D eigenvalue weighted by Crippen LogP contribution is -2.24. The van der Waals surface area contributed by atoms with Gasteiger partial charge in [-0.25, -0.2) is 0 Å². The highest BCUT2D eigenvalue weighted by molar-refractivity contribution is 7.99. The van der Waals surface area contributed by atoms with Crippen LogP contribution in [0.2, 0.25) is 0 Å². The molecule has 1 aromatic rings. The Labute approximate surface area is 101 Å². The van der Waals surface area contributed by atoms with Gasteiger partial charge < -0.3 is 9.84 Å². The summed E-state index contributed by atoms with van der Waals surface area (Å²) in [7, 11) is 1.95. The molecule has 0 aliphatic carbocycles. The molecule has 90 valence electrons. The van der Waals surface area contributed by atoms with Crippen LogP contribution >= 0.6 is 11.8 Å². The van der Waals surface area contributed by atoms with Crippen LogP contribution < -0.4 is 5.32 Å². The molecule has 0 amide bonds. The largest absolute Gasteiger partial charge is 0.338 e. The lowest BCUT2D eigenvalue weighted by Gasteiger charge is -2.16. The average molecular weight is 241 g/mol. The van der Waals surface area contributed by atoms with Crippen molar-refractivity contribution >= 4 is 11.8 Å². The molecule has 2 heterocycles. The molecule has 1 aliphatic heterocycles. The van der Waals surface area contributed by atoms with Crippen molar-refractivity contribution in [1.29, 1.82) is 0 Å². The number of nitrogens with one attached hydrogen (secondary N) is 1. The first-order chi connectivity index (χ1) is 7.79. The van der Waals surface area contributed by atoms with Crippen molar-refractivity contribution in [2.24, 2.45) is 0 Å². The van der Waals surface area contributed by atoms with Crippen molar-refractivity contribution in [2.75, 3.05) is 12.8 Å². The van der Waals surface area contributed by atoms with Crippen molar-refractivity contribution in [1.82, 2.24) is 15.5 Å². The van der Waals surface area contributed by atoms with Crippen molar-refractivity contribution in [3.63, 3.8) is 0 Å². The fraction of sp³-hybridized carbons (Fsp3) is 0.818. The Balaban J connectivity index is 1.95. The van der Waals surface area contributed by atoms with E-state index in [-0.39, 0.29) is 0 Å². The van der Waals surface area contributed by atoms with E-state index in [0.717, 1.165) is 18.1 Å². The van der Waals surface area contributed by atoms with Crippen molar-refractivity contribution in [3.05, 3.63) is 11.7 Å². The summed E-state index contributed by atoms with van der Waals surface area (Å²) in [6.07, 6.45) is 4.60. The van der Waals surface area contributed by atoms with E-state index in [0.29, 0.717) is 11.3 Å². The van der Waals surface area contributed by atoms with Gasteiger partial charge in [-0.05, 0) is 32.6 Å². The smallest absolute Gasteiger partial charge is 0.239 e. The van der Waals surface area contributed by atoms with E-state index in [2.05, 4.69) is 22.4 Å². The minimum absolute atomic E-state index is 0.393. The van der Waals surface area contributed by atoms with Crippen LogP contribution in [0.15, 0.2) is 4.52 Å². The van der Waals surface area contributed by atoms with Crippen molar-refractivity contribution < 1.29 is 4.52 Å². The quantitative estimate of drug-likeness (QED) is 0.875. The second-order valence-electron chi connectivity index (χ2n) is 4.30. The molecule has 1 N–H and O–H groups in total. The maximum atomic E-state index is 5.34. The zero-order chi connectivity index (χ0) is 11.4. The standard InChI is InChI=1S/C11H19N3OS/c1-8(12-2)7-10-13-11(15-14-10)9-5-3-4-6-16-9/h8-9,12H,3-7H2,1-2H3. The monoisotopic (exact) mass is 241 g/mol. The van der Waals surface area contributed by atoms with Gasteiger partial charge in [0.25, 0.3) is 0 Å². The Kier molecular flexibility index (Phi) is 4.23. The van der Waals surface area contributed by atoms with Gasteiger partial charge in [0, 0.05) is 12.5 Å².